The topological polar surface area (TPSA) is 38.1 Å². The van der Waals surface area contributed by atoms with Crippen molar-refractivity contribution in [3.8, 4) is 11.1 Å². The highest BCUT2D eigenvalue weighted by Gasteiger charge is 2.36. The summed E-state index contributed by atoms with van der Waals surface area (Å²) in [4.78, 5) is 19.4. The zero-order valence-corrected chi connectivity index (χ0v) is 15.3. The molecular formula is C23H23N3O. The number of aromatic nitrogens is 2. The van der Waals surface area contributed by atoms with E-state index in [1.165, 1.54) is 17.7 Å². The van der Waals surface area contributed by atoms with E-state index in [9.17, 15) is 4.79 Å². The second kappa shape index (κ2) is 6.78. The van der Waals surface area contributed by atoms with Gasteiger partial charge in [0.2, 0.25) is 0 Å². The van der Waals surface area contributed by atoms with Gasteiger partial charge in [-0.25, -0.2) is 0 Å². The molecule has 1 aromatic carbocycles. The van der Waals surface area contributed by atoms with Crippen LogP contribution in [-0.4, -0.2) is 27.5 Å². The van der Waals surface area contributed by atoms with Crippen LogP contribution >= 0.6 is 0 Å². The average Bonchev–Trinajstić information content (AvgIpc) is 2.70. The van der Waals surface area contributed by atoms with Gasteiger partial charge in [-0.2, -0.15) is 0 Å². The molecule has 3 aromatic rings. The van der Waals surface area contributed by atoms with E-state index in [0.29, 0.717) is 11.8 Å². The molecule has 136 valence electrons. The lowest BCUT2D eigenvalue weighted by Crippen LogP contribution is -2.47. The van der Waals surface area contributed by atoms with Gasteiger partial charge in [-0.1, -0.05) is 36.4 Å². The molecule has 1 fully saturated rings. The van der Waals surface area contributed by atoms with Crippen LogP contribution in [-0.2, 0) is 13.1 Å². The van der Waals surface area contributed by atoms with Crippen LogP contribution in [0.5, 0.6) is 0 Å². The molecule has 4 nitrogen and oxygen atoms in total. The highest BCUT2D eigenvalue weighted by Crippen LogP contribution is 2.40. The van der Waals surface area contributed by atoms with Gasteiger partial charge in [0.15, 0.2) is 0 Å². The maximum Gasteiger partial charge on any atom is 0.250 e. The summed E-state index contributed by atoms with van der Waals surface area (Å²) in [5, 5.41) is 0. The third kappa shape index (κ3) is 3.10. The molecule has 2 aliphatic heterocycles. The Hall–Kier alpha value is -2.72. The molecule has 2 bridgehead atoms. The number of fused-ring (bicyclic) bond motifs is 4. The molecule has 0 aliphatic carbocycles. The number of nitrogens with zero attached hydrogens (tertiary/aromatic N) is 3. The van der Waals surface area contributed by atoms with E-state index in [-0.39, 0.29) is 5.56 Å². The number of likely N-dealkylation sites (tertiary alicyclic amines) is 1. The van der Waals surface area contributed by atoms with Gasteiger partial charge in [0, 0.05) is 67.4 Å². The molecule has 5 rings (SSSR count). The largest absolute Gasteiger partial charge is 0.311 e. The second-order valence-corrected chi connectivity index (χ2v) is 7.80. The molecule has 2 unspecified atom stereocenters. The van der Waals surface area contributed by atoms with Crippen molar-refractivity contribution in [3.05, 3.63) is 88.6 Å². The minimum atomic E-state index is 0.129. The number of pyridine rings is 2. The minimum absolute atomic E-state index is 0.129. The summed E-state index contributed by atoms with van der Waals surface area (Å²) in [6.45, 7) is 3.87. The van der Waals surface area contributed by atoms with Gasteiger partial charge in [-0.3, -0.25) is 14.7 Å². The maximum atomic E-state index is 12.6. The minimum Gasteiger partial charge on any atom is -0.311 e. The van der Waals surface area contributed by atoms with Crippen molar-refractivity contribution in [2.24, 2.45) is 5.92 Å². The molecule has 0 radical (unpaired) electrons. The third-order valence-corrected chi connectivity index (χ3v) is 5.89. The number of hydrogen-bond donors (Lipinski definition) is 0. The highest BCUT2D eigenvalue weighted by molar-refractivity contribution is 5.66. The third-order valence-electron chi connectivity index (χ3n) is 5.89. The number of benzene rings is 1. The summed E-state index contributed by atoms with van der Waals surface area (Å²) in [5.41, 5.74) is 4.94. The van der Waals surface area contributed by atoms with Crippen molar-refractivity contribution in [1.82, 2.24) is 14.5 Å². The van der Waals surface area contributed by atoms with Crippen molar-refractivity contribution in [2.75, 3.05) is 13.1 Å². The Bertz CT molecular complexity index is 997. The van der Waals surface area contributed by atoms with E-state index in [4.69, 9.17) is 0 Å². The quantitative estimate of drug-likeness (QED) is 0.720. The molecule has 4 heteroatoms. The molecule has 2 aliphatic rings. The van der Waals surface area contributed by atoms with Crippen LogP contribution < -0.4 is 5.56 Å². The molecule has 2 atom stereocenters. The summed E-state index contributed by atoms with van der Waals surface area (Å²) < 4.78 is 2.03. The number of hydrogen-bond acceptors (Lipinski definition) is 3. The molecular weight excluding hydrogens is 334 g/mol. The van der Waals surface area contributed by atoms with Gasteiger partial charge in [0.25, 0.3) is 5.56 Å². The Morgan fingerprint density at radius 1 is 0.963 bits per heavy atom. The summed E-state index contributed by atoms with van der Waals surface area (Å²) >= 11 is 0. The fourth-order valence-electron chi connectivity index (χ4n) is 4.85. The lowest BCUT2D eigenvalue weighted by molar-refractivity contribution is 0.115. The van der Waals surface area contributed by atoms with Crippen molar-refractivity contribution < 1.29 is 0 Å². The fraction of sp³-hybridized carbons (Fsp3) is 0.304. The molecule has 0 saturated carbocycles. The van der Waals surface area contributed by atoms with Crippen LogP contribution in [0.3, 0.4) is 0 Å². The highest BCUT2D eigenvalue weighted by atomic mass is 16.1. The summed E-state index contributed by atoms with van der Waals surface area (Å²) in [6, 6.07) is 18.4. The Morgan fingerprint density at radius 3 is 2.67 bits per heavy atom. The van der Waals surface area contributed by atoms with E-state index in [2.05, 4.69) is 46.3 Å². The zero-order chi connectivity index (χ0) is 18.2. The summed E-state index contributed by atoms with van der Waals surface area (Å²) in [7, 11) is 0. The standard InChI is InChI=1S/C23H23N3O/c27-22-9-8-21(19-7-4-10-24-12-19)23-20-11-18(15-26(22)23)14-25(16-20)13-17-5-2-1-3-6-17/h1-10,12,18,20H,11,13-16H2. The van der Waals surface area contributed by atoms with Crippen LogP contribution in [0.1, 0.15) is 23.6 Å². The van der Waals surface area contributed by atoms with Gasteiger partial charge in [0.1, 0.15) is 0 Å². The molecule has 1 saturated heterocycles. The van der Waals surface area contributed by atoms with Crippen LogP contribution in [0.25, 0.3) is 11.1 Å². The summed E-state index contributed by atoms with van der Waals surface area (Å²) in [6.07, 6.45) is 4.86. The monoisotopic (exact) mass is 357 g/mol. The first-order chi connectivity index (χ1) is 13.3. The van der Waals surface area contributed by atoms with E-state index in [1.54, 1.807) is 12.3 Å². The van der Waals surface area contributed by atoms with Crippen molar-refractivity contribution in [3.63, 3.8) is 0 Å². The maximum absolute atomic E-state index is 12.6. The predicted molar refractivity (Wildman–Crippen MR) is 107 cm³/mol. The smallest absolute Gasteiger partial charge is 0.250 e. The second-order valence-electron chi connectivity index (χ2n) is 7.80. The molecule has 2 aromatic heterocycles. The van der Waals surface area contributed by atoms with Gasteiger partial charge < -0.3 is 4.57 Å². The molecule has 0 spiro atoms. The molecule has 4 heterocycles. The van der Waals surface area contributed by atoms with Crippen LogP contribution in [0.4, 0.5) is 0 Å². The number of piperidine rings is 1. The lowest BCUT2D eigenvalue weighted by Gasteiger charge is -2.43. The predicted octanol–water partition coefficient (Wildman–Crippen LogP) is 3.53. The zero-order valence-electron chi connectivity index (χ0n) is 15.3. The molecule has 27 heavy (non-hydrogen) atoms. The number of rotatable bonds is 3. The molecule has 0 amide bonds. The van der Waals surface area contributed by atoms with Crippen molar-refractivity contribution >= 4 is 0 Å². The normalized spacial score (nSPS) is 21.6. The first-order valence-corrected chi connectivity index (χ1v) is 9.68. The Labute approximate surface area is 159 Å². The first kappa shape index (κ1) is 16.5. The van der Waals surface area contributed by atoms with E-state index in [0.717, 1.165) is 37.3 Å². The van der Waals surface area contributed by atoms with Crippen molar-refractivity contribution in [2.45, 2.75) is 25.4 Å². The Kier molecular flexibility index (Phi) is 4.13. The fourth-order valence-corrected chi connectivity index (χ4v) is 4.85. The van der Waals surface area contributed by atoms with Crippen LogP contribution in [0.15, 0.2) is 71.8 Å². The van der Waals surface area contributed by atoms with Gasteiger partial charge in [0.05, 0.1) is 0 Å². The Morgan fingerprint density at radius 2 is 1.85 bits per heavy atom. The molecule has 0 N–H and O–H groups in total. The van der Waals surface area contributed by atoms with Gasteiger partial charge in [-0.05, 0) is 30.0 Å². The van der Waals surface area contributed by atoms with Crippen molar-refractivity contribution in [1.29, 1.82) is 0 Å². The average molecular weight is 357 g/mol. The first-order valence-electron chi connectivity index (χ1n) is 9.68. The SMILES string of the molecule is O=c1ccc(-c2cccnc2)c2n1CC1CC2CN(Cc2ccccc2)C1. The van der Waals surface area contributed by atoms with E-state index in [1.807, 2.05) is 22.9 Å². The summed E-state index contributed by atoms with van der Waals surface area (Å²) in [5.74, 6) is 0.937. The lowest BCUT2D eigenvalue weighted by atomic mass is 9.80. The Balaban J connectivity index is 1.52. The van der Waals surface area contributed by atoms with Gasteiger partial charge >= 0.3 is 0 Å². The van der Waals surface area contributed by atoms with Gasteiger partial charge in [-0.15, -0.1) is 0 Å². The van der Waals surface area contributed by atoms with Crippen LogP contribution in [0, 0.1) is 5.92 Å². The van der Waals surface area contributed by atoms with E-state index < -0.39 is 0 Å². The van der Waals surface area contributed by atoms with Crippen LogP contribution in [0.2, 0.25) is 0 Å². The van der Waals surface area contributed by atoms with E-state index >= 15 is 0 Å².